The van der Waals surface area contributed by atoms with E-state index in [2.05, 4.69) is 4.74 Å². The Labute approximate surface area is 122 Å². The SMILES string of the molecule is COC(=O)Cc1ccc(SC(F)(F)F)c(CCl)c1C#N. The van der Waals surface area contributed by atoms with Crippen LogP contribution in [0.1, 0.15) is 16.7 Å². The van der Waals surface area contributed by atoms with Crippen LogP contribution in [0.4, 0.5) is 13.2 Å². The van der Waals surface area contributed by atoms with Crippen molar-refractivity contribution < 1.29 is 22.7 Å². The highest BCUT2D eigenvalue weighted by Gasteiger charge is 2.31. The van der Waals surface area contributed by atoms with E-state index in [0.29, 0.717) is 5.56 Å². The molecule has 0 N–H and O–H groups in total. The fourth-order valence-corrected chi connectivity index (χ4v) is 2.58. The van der Waals surface area contributed by atoms with Crippen LogP contribution in [0.25, 0.3) is 0 Å². The first-order chi connectivity index (χ1) is 9.32. The fourth-order valence-electron chi connectivity index (χ4n) is 1.54. The molecule has 0 spiro atoms. The number of nitrogens with zero attached hydrogens (tertiary/aromatic N) is 1. The zero-order chi connectivity index (χ0) is 15.3. The van der Waals surface area contributed by atoms with E-state index in [9.17, 15) is 18.0 Å². The van der Waals surface area contributed by atoms with E-state index in [0.717, 1.165) is 0 Å². The molecule has 0 aliphatic carbocycles. The molecule has 0 amide bonds. The van der Waals surface area contributed by atoms with Gasteiger partial charge in [-0.05, 0) is 29.0 Å². The lowest BCUT2D eigenvalue weighted by atomic mass is 10.0. The Morgan fingerprint density at radius 1 is 1.50 bits per heavy atom. The normalized spacial score (nSPS) is 11.0. The topological polar surface area (TPSA) is 50.1 Å². The summed E-state index contributed by atoms with van der Waals surface area (Å²) in [5.41, 5.74) is -4.13. The lowest BCUT2D eigenvalue weighted by Gasteiger charge is -2.13. The van der Waals surface area contributed by atoms with Crippen molar-refractivity contribution in [2.45, 2.75) is 22.7 Å². The van der Waals surface area contributed by atoms with E-state index >= 15 is 0 Å². The fraction of sp³-hybridized carbons (Fsp3) is 0.333. The first-order valence-electron chi connectivity index (χ1n) is 5.25. The van der Waals surface area contributed by atoms with Crippen LogP contribution in [0, 0.1) is 11.3 Å². The second-order valence-electron chi connectivity index (χ2n) is 3.62. The van der Waals surface area contributed by atoms with E-state index in [1.807, 2.05) is 0 Å². The van der Waals surface area contributed by atoms with Gasteiger partial charge in [0, 0.05) is 10.8 Å². The molecule has 1 aromatic carbocycles. The summed E-state index contributed by atoms with van der Waals surface area (Å²) in [6.07, 6.45) is -0.194. The highest BCUT2D eigenvalue weighted by molar-refractivity contribution is 8.00. The van der Waals surface area contributed by atoms with Gasteiger partial charge in [0.15, 0.2) is 0 Å². The first kappa shape index (κ1) is 16.7. The highest BCUT2D eigenvalue weighted by Crippen LogP contribution is 2.40. The van der Waals surface area contributed by atoms with E-state index < -0.39 is 11.5 Å². The van der Waals surface area contributed by atoms with Crippen molar-refractivity contribution in [3.8, 4) is 6.07 Å². The van der Waals surface area contributed by atoms with Gasteiger partial charge >= 0.3 is 11.5 Å². The number of rotatable bonds is 4. The molecule has 1 aromatic rings. The number of thioether (sulfide) groups is 1. The molecule has 0 bridgehead atoms. The predicted octanol–water partition coefficient (Wildman–Crippen LogP) is 3.62. The van der Waals surface area contributed by atoms with E-state index in [1.54, 1.807) is 6.07 Å². The van der Waals surface area contributed by atoms with Crippen LogP contribution in [-0.2, 0) is 21.8 Å². The number of halogens is 4. The summed E-state index contributed by atoms with van der Waals surface area (Å²) in [5.74, 6) is -0.839. The molecule has 0 radical (unpaired) electrons. The summed E-state index contributed by atoms with van der Waals surface area (Å²) < 4.78 is 41.7. The lowest BCUT2D eigenvalue weighted by molar-refractivity contribution is -0.139. The Hall–Kier alpha value is -1.39. The highest BCUT2D eigenvalue weighted by atomic mass is 35.5. The number of esters is 1. The summed E-state index contributed by atoms with van der Waals surface area (Å²) in [6, 6.07) is 4.31. The van der Waals surface area contributed by atoms with Crippen LogP contribution in [0.15, 0.2) is 17.0 Å². The monoisotopic (exact) mass is 323 g/mol. The zero-order valence-corrected chi connectivity index (χ0v) is 11.8. The van der Waals surface area contributed by atoms with Crippen molar-refractivity contribution >= 4 is 29.3 Å². The number of alkyl halides is 4. The van der Waals surface area contributed by atoms with Gasteiger partial charge in [-0.2, -0.15) is 18.4 Å². The van der Waals surface area contributed by atoms with Gasteiger partial charge in [-0.1, -0.05) is 6.07 Å². The molecule has 0 atom stereocenters. The second-order valence-corrected chi connectivity index (χ2v) is 5.00. The van der Waals surface area contributed by atoms with Crippen molar-refractivity contribution in [3.05, 3.63) is 28.8 Å². The van der Waals surface area contributed by atoms with E-state index in [-0.39, 0.29) is 40.1 Å². The van der Waals surface area contributed by atoms with Gasteiger partial charge in [0.05, 0.1) is 25.2 Å². The number of carbonyl (C=O) groups excluding carboxylic acids is 1. The van der Waals surface area contributed by atoms with Crippen LogP contribution < -0.4 is 0 Å². The quantitative estimate of drug-likeness (QED) is 0.482. The third-order valence-corrected chi connectivity index (χ3v) is 3.49. The minimum atomic E-state index is -4.47. The van der Waals surface area contributed by atoms with Crippen molar-refractivity contribution in [1.29, 1.82) is 5.26 Å². The molecule has 20 heavy (non-hydrogen) atoms. The van der Waals surface area contributed by atoms with Crippen molar-refractivity contribution in [3.63, 3.8) is 0 Å². The smallest absolute Gasteiger partial charge is 0.446 e. The molecule has 0 fully saturated rings. The molecule has 0 saturated heterocycles. The standard InChI is InChI=1S/C12H9ClF3NO2S/c1-19-11(18)4-7-2-3-10(20-12(14,15)16)8(5-13)9(7)6-17/h2-3H,4-5H2,1H3. The van der Waals surface area contributed by atoms with Gasteiger partial charge in [-0.15, -0.1) is 11.6 Å². The number of hydrogen-bond acceptors (Lipinski definition) is 4. The second kappa shape index (κ2) is 6.86. The van der Waals surface area contributed by atoms with Crippen LogP contribution >= 0.6 is 23.4 Å². The van der Waals surface area contributed by atoms with Crippen LogP contribution in [-0.4, -0.2) is 18.6 Å². The number of carbonyl (C=O) groups is 1. The molecule has 0 heterocycles. The predicted molar refractivity (Wildman–Crippen MR) is 68.3 cm³/mol. The van der Waals surface area contributed by atoms with Gasteiger partial charge in [0.1, 0.15) is 0 Å². The molecule has 0 saturated carbocycles. The third-order valence-electron chi connectivity index (χ3n) is 2.39. The molecule has 0 aliphatic rings. The molecule has 0 aromatic heterocycles. The van der Waals surface area contributed by atoms with Crippen LogP contribution in [0.2, 0.25) is 0 Å². The summed E-state index contributed by atoms with van der Waals surface area (Å²) in [4.78, 5) is 11.1. The third kappa shape index (κ3) is 4.32. The van der Waals surface area contributed by atoms with Crippen molar-refractivity contribution in [2.24, 2.45) is 0 Å². The summed E-state index contributed by atoms with van der Waals surface area (Å²) in [6.45, 7) is 0. The molecule has 108 valence electrons. The summed E-state index contributed by atoms with van der Waals surface area (Å²) in [7, 11) is 1.19. The number of benzene rings is 1. The molecule has 3 nitrogen and oxygen atoms in total. The molecule has 8 heteroatoms. The molecule has 0 aliphatic heterocycles. The summed E-state index contributed by atoms with van der Waals surface area (Å²) >= 11 is 5.30. The van der Waals surface area contributed by atoms with Crippen LogP contribution in [0.3, 0.4) is 0 Å². The van der Waals surface area contributed by atoms with Gasteiger partial charge in [0.25, 0.3) is 0 Å². The Bertz CT molecular complexity index is 555. The Morgan fingerprint density at radius 2 is 2.15 bits per heavy atom. The first-order valence-corrected chi connectivity index (χ1v) is 6.60. The largest absolute Gasteiger partial charge is 0.469 e. The van der Waals surface area contributed by atoms with E-state index in [4.69, 9.17) is 16.9 Å². The van der Waals surface area contributed by atoms with Gasteiger partial charge in [-0.25, -0.2) is 0 Å². The van der Waals surface area contributed by atoms with Gasteiger partial charge < -0.3 is 4.74 Å². The average molecular weight is 324 g/mol. The average Bonchev–Trinajstić information content (AvgIpc) is 2.37. The van der Waals surface area contributed by atoms with Crippen molar-refractivity contribution in [2.75, 3.05) is 7.11 Å². The Kier molecular flexibility index (Phi) is 5.72. The number of methoxy groups -OCH3 is 1. The lowest BCUT2D eigenvalue weighted by Crippen LogP contribution is -2.08. The van der Waals surface area contributed by atoms with Crippen LogP contribution in [0.5, 0.6) is 0 Å². The van der Waals surface area contributed by atoms with Gasteiger partial charge in [0.2, 0.25) is 0 Å². The molecular weight excluding hydrogens is 315 g/mol. The minimum absolute atomic E-state index is 0.0142. The van der Waals surface area contributed by atoms with Crippen molar-refractivity contribution in [1.82, 2.24) is 0 Å². The molecule has 1 rings (SSSR count). The number of hydrogen-bond donors (Lipinski definition) is 0. The molecule has 0 unspecified atom stereocenters. The molecular formula is C12H9ClF3NO2S. The Balaban J connectivity index is 3.27. The zero-order valence-electron chi connectivity index (χ0n) is 10.3. The van der Waals surface area contributed by atoms with Gasteiger partial charge in [-0.3, -0.25) is 4.79 Å². The minimum Gasteiger partial charge on any atom is -0.469 e. The maximum absolute atomic E-state index is 12.4. The maximum atomic E-state index is 12.4. The summed E-state index contributed by atoms with van der Waals surface area (Å²) in [5, 5.41) is 9.09. The number of ether oxygens (including phenoxy) is 1. The maximum Gasteiger partial charge on any atom is 0.446 e. The van der Waals surface area contributed by atoms with E-state index in [1.165, 1.54) is 19.2 Å². The Morgan fingerprint density at radius 3 is 2.60 bits per heavy atom. The number of nitriles is 1.